The lowest BCUT2D eigenvalue weighted by atomic mass is 10.2. The minimum Gasteiger partial charge on any atom is -0.472 e. The van der Waals surface area contributed by atoms with Gasteiger partial charge in [0.15, 0.2) is 0 Å². The van der Waals surface area contributed by atoms with Crippen LogP contribution in [0.4, 0.5) is 0 Å². The Balaban J connectivity index is 1.70. The Labute approximate surface area is 110 Å². The van der Waals surface area contributed by atoms with Gasteiger partial charge in [-0.25, -0.2) is 4.79 Å². The van der Waals surface area contributed by atoms with Crippen LogP contribution in [0.1, 0.15) is 20.7 Å². The van der Waals surface area contributed by atoms with Gasteiger partial charge in [-0.1, -0.05) is 18.2 Å². The average molecular weight is 259 g/mol. The molecule has 0 aliphatic carbocycles. The zero-order valence-corrected chi connectivity index (χ0v) is 10.2. The van der Waals surface area contributed by atoms with Gasteiger partial charge in [0.05, 0.1) is 18.4 Å². The van der Waals surface area contributed by atoms with E-state index >= 15 is 0 Å². The molecule has 2 aromatic rings. The Kier molecular flexibility index (Phi) is 4.34. The number of carbonyl (C=O) groups excluding carboxylic acids is 2. The molecule has 0 saturated carbocycles. The molecule has 0 spiro atoms. The molecule has 0 atom stereocenters. The van der Waals surface area contributed by atoms with E-state index in [0.717, 1.165) is 0 Å². The number of esters is 1. The highest BCUT2D eigenvalue weighted by Crippen LogP contribution is 2.02. The molecule has 19 heavy (non-hydrogen) atoms. The van der Waals surface area contributed by atoms with E-state index in [9.17, 15) is 9.59 Å². The number of nitrogens with one attached hydrogen (secondary N) is 1. The summed E-state index contributed by atoms with van der Waals surface area (Å²) >= 11 is 0. The summed E-state index contributed by atoms with van der Waals surface area (Å²) in [5, 5.41) is 2.66. The van der Waals surface area contributed by atoms with E-state index in [1.54, 1.807) is 24.3 Å². The van der Waals surface area contributed by atoms with Crippen molar-refractivity contribution in [2.45, 2.75) is 0 Å². The van der Waals surface area contributed by atoms with E-state index in [1.165, 1.54) is 18.6 Å². The van der Waals surface area contributed by atoms with Gasteiger partial charge in [-0.05, 0) is 18.2 Å². The fourth-order valence-electron chi connectivity index (χ4n) is 1.46. The Morgan fingerprint density at radius 2 is 1.89 bits per heavy atom. The molecule has 1 heterocycles. The minimum absolute atomic E-state index is 0.114. The third-order valence-corrected chi connectivity index (χ3v) is 2.41. The zero-order chi connectivity index (χ0) is 13.5. The van der Waals surface area contributed by atoms with E-state index in [2.05, 4.69) is 5.32 Å². The first-order valence-corrected chi connectivity index (χ1v) is 5.80. The Morgan fingerprint density at radius 1 is 1.11 bits per heavy atom. The van der Waals surface area contributed by atoms with Gasteiger partial charge < -0.3 is 14.5 Å². The normalized spacial score (nSPS) is 9.89. The van der Waals surface area contributed by atoms with Crippen LogP contribution in [0.15, 0.2) is 53.3 Å². The molecule has 0 aliphatic rings. The second-order valence-corrected chi connectivity index (χ2v) is 3.77. The molecule has 98 valence electrons. The molecule has 0 unspecified atom stereocenters. The second kappa shape index (κ2) is 6.39. The number of benzene rings is 1. The molecule has 1 N–H and O–H groups in total. The number of hydrogen-bond donors (Lipinski definition) is 1. The van der Waals surface area contributed by atoms with Gasteiger partial charge >= 0.3 is 5.97 Å². The van der Waals surface area contributed by atoms with Gasteiger partial charge in [0.1, 0.15) is 12.9 Å². The van der Waals surface area contributed by atoms with E-state index in [-0.39, 0.29) is 19.1 Å². The number of amides is 1. The van der Waals surface area contributed by atoms with Gasteiger partial charge in [0, 0.05) is 5.56 Å². The zero-order valence-electron chi connectivity index (χ0n) is 10.2. The number of rotatable bonds is 5. The molecule has 5 nitrogen and oxygen atoms in total. The summed E-state index contributed by atoms with van der Waals surface area (Å²) in [5.74, 6) is -0.664. The maximum absolute atomic E-state index is 11.7. The molecule has 0 saturated heterocycles. The van der Waals surface area contributed by atoms with E-state index in [1.807, 2.05) is 6.07 Å². The first kappa shape index (κ1) is 12.9. The van der Waals surface area contributed by atoms with Crippen LogP contribution in [-0.2, 0) is 4.74 Å². The smallest absolute Gasteiger partial charge is 0.341 e. The first-order chi connectivity index (χ1) is 9.27. The van der Waals surface area contributed by atoms with Gasteiger partial charge in [-0.15, -0.1) is 0 Å². The topological polar surface area (TPSA) is 68.5 Å². The molecule has 1 amide bonds. The largest absolute Gasteiger partial charge is 0.472 e. The standard InChI is InChI=1S/C14H13NO4/c16-13(11-4-2-1-3-5-11)15-7-9-19-14(17)12-6-8-18-10-12/h1-6,8,10H,7,9H2,(H,15,16). The van der Waals surface area contributed by atoms with Crippen LogP contribution in [0.25, 0.3) is 0 Å². The van der Waals surface area contributed by atoms with Crippen LogP contribution >= 0.6 is 0 Å². The highest BCUT2D eigenvalue weighted by atomic mass is 16.5. The van der Waals surface area contributed by atoms with Crippen molar-refractivity contribution < 1.29 is 18.7 Å². The Morgan fingerprint density at radius 3 is 2.58 bits per heavy atom. The summed E-state index contributed by atoms with van der Waals surface area (Å²) in [4.78, 5) is 23.1. The minimum atomic E-state index is -0.470. The third kappa shape index (κ3) is 3.70. The molecule has 0 radical (unpaired) electrons. The van der Waals surface area contributed by atoms with E-state index in [4.69, 9.17) is 9.15 Å². The summed E-state index contributed by atoms with van der Waals surface area (Å²) in [6.07, 6.45) is 2.71. The lowest BCUT2D eigenvalue weighted by Gasteiger charge is -2.05. The van der Waals surface area contributed by atoms with Crippen LogP contribution in [0.5, 0.6) is 0 Å². The molecule has 5 heteroatoms. The Hall–Kier alpha value is -2.56. The predicted octanol–water partition coefficient (Wildman–Crippen LogP) is 1.87. The van der Waals surface area contributed by atoms with Gasteiger partial charge in [0.2, 0.25) is 0 Å². The molecule has 2 rings (SSSR count). The summed E-state index contributed by atoms with van der Waals surface area (Å²) in [5.41, 5.74) is 0.929. The van der Waals surface area contributed by atoms with Crippen molar-refractivity contribution >= 4 is 11.9 Å². The van der Waals surface area contributed by atoms with Crippen molar-refractivity contribution in [3.63, 3.8) is 0 Å². The lowest BCUT2D eigenvalue weighted by Crippen LogP contribution is -2.27. The maximum atomic E-state index is 11.7. The van der Waals surface area contributed by atoms with E-state index in [0.29, 0.717) is 11.1 Å². The van der Waals surface area contributed by atoms with Crippen LogP contribution in [0, 0.1) is 0 Å². The summed E-state index contributed by atoms with van der Waals surface area (Å²) in [6, 6.07) is 10.4. The quantitative estimate of drug-likeness (QED) is 0.657. The number of furan rings is 1. The van der Waals surface area contributed by atoms with Crippen molar-refractivity contribution in [3.8, 4) is 0 Å². The maximum Gasteiger partial charge on any atom is 0.341 e. The number of ether oxygens (including phenoxy) is 1. The molecule has 0 bridgehead atoms. The van der Waals surface area contributed by atoms with Crippen LogP contribution in [-0.4, -0.2) is 25.0 Å². The van der Waals surface area contributed by atoms with Crippen LogP contribution in [0.2, 0.25) is 0 Å². The van der Waals surface area contributed by atoms with Crippen molar-refractivity contribution in [1.29, 1.82) is 0 Å². The highest BCUT2D eigenvalue weighted by Gasteiger charge is 2.08. The molecular weight excluding hydrogens is 246 g/mol. The van der Waals surface area contributed by atoms with Gasteiger partial charge in [-0.2, -0.15) is 0 Å². The number of hydrogen-bond acceptors (Lipinski definition) is 4. The van der Waals surface area contributed by atoms with Crippen LogP contribution < -0.4 is 5.32 Å². The van der Waals surface area contributed by atoms with Crippen molar-refractivity contribution in [2.24, 2.45) is 0 Å². The molecule has 0 fully saturated rings. The summed E-state index contributed by atoms with van der Waals surface area (Å²) in [6.45, 7) is 0.375. The van der Waals surface area contributed by atoms with Crippen molar-refractivity contribution in [2.75, 3.05) is 13.2 Å². The van der Waals surface area contributed by atoms with Crippen LogP contribution in [0.3, 0.4) is 0 Å². The van der Waals surface area contributed by atoms with Crippen molar-refractivity contribution in [1.82, 2.24) is 5.32 Å². The molecule has 0 aliphatic heterocycles. The summed E-state index contributed by atoms with van der Waals surface area (Å²) in [7, 11) is 0. The van der Waals surface area contributed by atoms with Gasteiger partial charge in [-0.3, -0.25) is 4.79 Å². The molecule has 1 aromatic carbocycles. The summed E-state index contributed by atoms with van der Waals surface area (Å²) < 4.78 is 9.73. The SMILES string of the molecule is O=C(NCCOC(=O)c1ccoc1)c1ccccc1. The third-order valence-electron chi connectivity index (χ3n) is 2.41. The number of carbonyl (C=O) groups is 2. The Bertz CT molecular complexity index is 534. The van der Waals surface area contributed by atoms with E-state index < -0.39 is 5.97 Å². The molecular formula is C14H13NO4. The fourth-order valence-corrected chi connectivity index (χ4v) is 1.46. The monoisotopic (exact) mass is 259 g/mol. The van der Waals surface area contributed by atoms with Gasteiger partial charge in [0.25, 0.3) is 5.91 Å². The highest BCUT2D eigenvalue weighted by molar-refractivity contribution is 5.94. The first-order valence-electron chi connectivity index (χ1n) is 5.80. The fraction of sp³-hybridized carbons (Fsp3) is 0.143. The second-order valence-electron chi connectivity index (χ2n) is 3.77. The molecule has 1 aromatic heterocycles. The van der Waals surface area contributed by atoms with Crippen molar-refractivity contribution in [3.05, 3.63) is 60.1 Å². The lowest BCUT2D eigenvalue weighted by molar-refractivity contribution is 0.0502. The average Bonchev–Trinajstić information content (AvgIpc) is 2.98. The predicted molar refractivity (Wildman–Crippen MR) is 67.8 cm³/mol.